The van der Waals surface area contributed by atoms with Crippen LogP contribution in [0.2, 0.25) is 0 Å². The van der Waals surface area contributed by atoms with Gasteiger partial charge in [0.15, 0.2) is 0 Å². The Hall–Kier alpha value is -0.650. The van der Waals surface area contributed by atoms with Gasteiger partial charge in [-0.25, -0.2) is 0 Å². The number of rotatable bonds is 4. The Balaban J connectivity index is 1.75. The molecule has 0 saturated carbocycles. The van der Waals surface area contributed by atoms with Gasteiger partial charge >= 0.3 is 0 Å². The first-order chi connectivity index (χ1) is 8.79. The third kappa shape index (κ3) is 3.93. The Morgan fingerprint density at radius 3 is 2.78 bits per heavy atom. The molecule has 1 unspecified atom stereocenters. The second kappa shape index (κ2) is 7.07. The molecular weight excluding hydrogens is 230 g/mol. The highest BCUT2D eigenvalue weighted by Crippen LogP contribution is 2.10. The number of piperidine rings is 1. The lowest BCUT2D eigenvalue weighted by Gasteiger charge is -2.34. The summed E-state index contributed by atoms with van der Waals surface area (Å²) in [5, 5.41) is 3.13. The zero-order chi connectivity index (χ0) is 12.8. The van der Waals surface area contributed by atoms with Crippen molar-refractivity contribution in [2.45, 2.75) is 25.4 Å². The van der Waals surface area contributed by atoms with Crippen molar-refractivity contribution in [3.8, 4) is 0 Å². The van der Waals surface area contributed by atoms with Gasteiger partial charge in [-0.2, -0.15) is 0 Å². The van der Waals surface area contributed by atoms with Crippen molar-refractivity contribution >= 4 is 5.91 Å². The summed E-state index contributed by atoms with van der Waals surface area (Å²) in [6.07, 6.45) is 3.82. The van der Waals surface area contributed by atoms with Crippen LogP contribution in [-0.2, 0) is 9.53 Å². The van der Waals surface area contributed by atoms with Gasteiger partial charge < -0.3 is 15.0 Å². The molecule has 0 aromatic heterocycles. The summed E-state index contributed by atoms with van der Waals surface area (Å²) < 4.78 is 5.65. The number of hydrogen-bond acceptors (Lipinski definition) is 4. The number of likely N-dealkylation sites (tertiary alicyclic amines) is 1. The van der Waals surface area contributed by atoms with Crippen LogP contribution in [-0.4, -0.2) is 74.7 Å². The van der Waals surface area contributed by atoms with Crippen LogP contribution in [0.25, 0.3) is 0 Å². The fourth-order valence-electron chi connectivity index (χ4n) is 2.71. The molecule has 0 radical (unpaired) electrons. The summed E-state index contributed by atoms with van der Waals surface area (Å²) in [5.74, 6) is 0.291. The summed E-state index contributed by atoms with van der Waals surface area (Å²) in [6, 6.07) is 0. The quantitative estimate of drug-likeness (QED) is 0.763. The van der Waals surface area contributed by atoms with E-state index in [0.29, 0.717) is 12.5 Å². The number of ether oxygens (including phenoxy) is 1. The molecule has 2 aliphatic rings. The van der Waals surface area contributed by atoms with Crippen LogP contribution >= 0.6 is 0 Å². The molecular formula is C13H25N3O2. The minimum Gasteiger partial charge on any atom is -0.374 e. The predicted molar refractivity (Wildman–Crippen MR) is 70.5 cm³/mol. The maximum Gasteiger partial charge on any atom is 0.236 e. The lowest BCUT2D eigenvalue weighted by atomic mass is 10.1. The molecule has 2 rings (SSSR count). The normalized spacial score (nSPS) is 26.3. The van der Waals surface area contributed by atoms with Crippen molar-refractivity contribution in [3.05, 3.63) is 0 Å². The Kier molecular flexibility index (Phi) is 5.41. The van der Waals surface area contributed by atoms with Crippen LogP contribution in [0.15, 0.2) is 0 Å². The van der Waals surface area contributed by atoms with Gasteiger partial charge in [0.25, 0.3) is 0 Å². The Labute approximate surface area is 109 Å². The first-order valence-electron chi connectivity index (χ1n) is 7.06. The van der Waals surface area contributed by atoms with Crippen molar-refractivity contribution in [2.24, 2.45) is 0 Å². The van der Waals surface area contributed by atoms with Gasteiger partial charge in [0.05, 0.1) is 19.3 Å². The van der Waals surface area contributed by atoms with Crippen molar-refractivity contribution in [1.82, 2.24) is 15.1 Å². The van der Waals surface area contributed by atoms with E-state index in [-0.39, 0.29) is 6.10 Å². The minimum atomic E-state index is 0.220. The van der Waals surface area contributed by atoms with Gasteiger partial charge in [-0.1, -0.05) is 0 Å². The van der Waals surface area contributed by atoms with Crippen LogP contribution in [0.4, 0.5) is 0 Å². The second-order valence-corrected chi connectivity index (χ2v) is 5.23. The molecule has 1 N–H and O–H groups in total. The van der Waals surface area contributed by atoms with Gasteiger partial charge in [-0.05, 0) is 26.3 Å². The highest BCUT2D eigenvalue weighted by molar-refractivity contribution is 5.78. The number of amides is 1. The van der Waals surface area contributed by atoms with Crippen molar-refractivity contribution in [2.75, 3.05) is 52.9 Å². The molecule has 1 atom stereocenters. The Morgan fingerprint density at radius 2 is 2.06 bits per heavy atom. The van der Waals surface area contributed by atoms with Crippen LogP contribution < -0.4 is 5.32 Å². The summed E-state index contributed by atoms with van der Waals surface area (Å²) in [6.45, 7) is 5.78. The third-order valence-corrected chi connectivity index (χ3v) is 3.72. The van der Waals surface area contributed by atoms with Crippen molar-refractivity contribution in [1.29, 1.82) is 0 Å². The number of nitrogens with zero attached hydrogens (tertiary/aromatic N) is 2. The fraction of sp³-hybridized carbons (Fsp3) is 0.923. The number of hydrogen-bond donors (Lipinski definition) is 1. The summed E-state index contributed by atoms with van der Waals surface area (Å²) >= 11 is 0. The van der Waals surface area contributed by atoms with Gasteiger partial charge in [-0.3, -0.25) is 9.69 Å². The van der Waals surface area contributed by atoms with Gasteiger partial charge in [0, 0.05) is 32.7 Å². The monoisotopic (exact) mass is 255 g/mol. The average Bonchev–Trinajstić information content (AvgIpc) is 2.40. The largest absolute Gasteiger partial charge is 0.374 e. The molecule has 2 fully saturated rings. The number of likely N-dealkylation sites (N-methyl/N-ethyl adjacent to an activating group) is 1. The standard InChI is InChI=1S/C13H25N3O2/c1-14-9-12-10-15(7-8-18-12)11-13(17)16-5-3-2-4-6-16/h12,14H,2-11H2,1H3. The Bertz CT molecular complexity index is 265. The lowest BCUT2D eigenvalue weighted by Crippen LogP contribution is -2.50. The van der Waals surface area contributed by atoms with E-state index in [1.165, 1.54) is 6.42 Å². The first-order valence-corrected chi connectivity index (χ1v) is 7.06. The molecule has 0 bridgehead atoms. The lowest BCUT2D eigenvalue weighted by molar-refractivity contribution is -0.135. The van der Waals surface area contributed by atoms with E-state index < -0.39 is 0 Å². The van der Waals surface area contributed by atoms with E-state index in [4.69, 9.17) is 4.74 Å². The SMILES string of the molecule is CNCC1CN(CC(=O)N2CCCCC2)CCO1. The molecule has 0 aliphatic carbocycles. The molecule has 2 heterocycles. The van der Waals surface area contributed by atoms with Crippen molar-refractivity contribution < 1.29 is 9.53 Å². The number of nitrogens with one attached hydrogen (secondary N) is 1. The van der Waals surface area contributed by atoms with Crippen LogP contribution in [0.3, 0.4) is 0 Å². The van der Waals surface area contributed by atoms with Crippen LogP contribution in [0, 0.1) is 0 Å². The topological polar surface area (TPSA) is 44.8 Å². The van der Waals surface area contributed by atoms with E-state index in [2.05, 4.69) is 10.2 Å². The zero-order valence-corrected chi connectivity index (χ0v) is 11.4. The molecule has 5 nitrogen and oxygen atoms in total. The summed E-state index contributed by atoms with van der Waals surface area (Å²) in [7, 11) is 1.93. The average molecular weight is 255 g/mol. The van der Waals surface area contributed by atoms with Gasteiger partial charge in [0.2, 0.25) is 5.91 Å². The molecule has 0 aromatic rings. The second-order valence-electron chi connectivity index (χ2n) is 5.23. The number of carbonyl (C=O) groups is 1. The molecule has 5 heteroatoms. The minimum absolute atomic E-state index is 0.220. The van der Waals surface area contributed by atoms with E-state index in [9.17, 15) is 4.79 Å². The summed E-state index contributed by atoms with van der Waals surface area (Å²) in [5.41, 5.74) is 0. The molecule has 2 saturated heterocycles. The Morgan fingerprint density at radius 1 is 1.28 bits per heavy atom. The molecule has 18 heavy (non-hydrogen) atoms. The predicted octanol–water partition coefficient (Wildman–Crippen LogP) is -0.0809. The maximum atomic E-state index is 12.2. The highest BCUT2D eigenvalue weighted by Gasteiger charge is 2.24. The smallest absolute Gasteiger partial charge is 0.236 e. The molecule has 0 aromatic carbocycles. The molecule has 0 spiro atoms. The summed E-state index contributed by atoms with van der Waals surface area (Å²) in [4.78, 5) is 16.4. The van der Waals surface area contributed by atoms with Crippen LogP contribution in [0.5, 0.6) is 0 Å². The van der Waals surface area contributed by atoms with Gasteiger partial charge in [0.1, 0.15) is 0 Å². The molecule has 2 aliphatic heterocycles. The maximum absolute atomic E-state index is 12.2. The molecule has 1 amide bonds. The van der Waals surface area contributed by atoms with E-state index >= 15 is 0 Å². The van der Waals surface area contributed by atoms with E-state index in [1.54, 1.807) is 0 Å². The van der Waals surface area contributed by atoms with Gasteiger partial charge in [-0.15, -0.1) is 0 Å². The van der Waals surface area contributed by atoms with Crippen LogP contribution in [0.1, 0.15) is 19.3 Å². The first kappa shape index (κ1) is 13.8. The third-order valence-electron chi connectivity index (χ3n) is 3.72. The fourth-order valence-corrected chi connectivity index (χ4v) is 2.71. The van der Waals surface area contributed by atoms with E-state index in [1.807, 2.05) is 11.9 Å². The highest BCUT2D eigenvalue weighted by atomic mass is 16.5. The van der Waals surface area contributed by atoms with E-state index in [0.717, 1.165) is 52.2 Å². The number of morpholine rings is 1. The number of carbonyl (C=O) groups excluding carboxylic acids is 1. The molecule has 104 valence electrons. The zero-order valence-electron chi connectivity index (χ0n) is 11.4. The van der Waals surface area contributed by atoms with Crippen molar-refractivity contribution in [3.63, 3.8) is 0 Å².